The molecule has 3 atom stereocenters. The number of halogens is 1. The van der Waals surface area contributed by atoms with Crippen LogP contribution in [-0.2, 0) is 0 Å². The summed E-state index contributed by atoms with van der Waals surface area (Å²) in [4.78, 5) is 26.1. The molecular formula is C21H22BrN7O. The van der Waals surface area contributed by atoms with Crippen molar-refractivity contribution in [2.75, 3.05) is 11.9 Å². The Kier molecular flexibility index (Phi) is 4.98. The number of carbonyl (C=O) groups is 1. The van der Waals surface area contributed by atoms with Crippen LogP contribution in [0.15, 0.2) is 47.3 Å². The molecular weight excluding hydrogens is 446 g/mol. The van der Waals surface area contributed by atoms with Gasteiger partial charge in [0.05, 0.1) is 18.4 Å². The summed E-state index contributed by atoms with van der Waals surface area (Å²) in [6.07, 6.45) is 8.15. The molecule has 30 heavy (non-hydrogen) atoms. The van der Waals surface area contributed by atoms with Gasteiger partial charge in [-0.2, -0.15) is 10.2 Å². The van der Waals surface area contributed by atoms with E-state index in [9.17, 15) is 4.79 Å². The molecule has 0 radical (unpaired) electrons. The lowest BCUT2D eigenvalue weighted by atomic mass is 9.76. The molecule has 2 saturated heterocycles. The van der Waals surface area contributed by atoms with Gasteiger partial charge < -0.3 is 10.2 Å². The summed E-state index contributed by atoms with van der Waals surface area (Å²) in [7, 11) is 0. The fourth-order valence-corrected chi connectivity index (χ4v) is 4.81. The molecule has 3 aromatic rings. The van der Waals surface area contributed by atoms with Crippen molar-refractivity contribution in [3.63, 3.8) is 0 Å². The van der Waals surface area contributed by atoms with E-state index in [1.165, 1.54) is 4.80 Å². The maximum atomic E-state index is 13.6. The van der Waals surface area contributed by atoms with Crippen LogP contribution in [0.5, 0.6) is 0 Å². The predicted octanol–water partition coefficient (Wildman–Crippen LogP) is 3.23. The summed E-state index contributed by atoms with van der Waals surface area (Å²) in [5.74, 6) is 1.25. The molecule has 1 saturated carbocycles. The van der Waals surface area contributed by atoms with E-state index in [4.69, 9.17) is 0 Å². The minimum absolute atomic E-state index is 0.0593. The molecule has 2 aliphatic heterocycles. The Hall–Kier alpha value is -2.81. The van der Waals surface area contributed by atoms with Gasteiger partial charge in [0.15, 0.2) is 5.69 Å². The third-order valence-electron chi connectivity index (χ3n) is 5.95. The summed E-state index contributed by atoms with van der Waals surface area (Å²) < 4.78 is 0.945. The monoisotopic (exact) mass is 467 g/mol. The Balaban J connectivity index is 1.44. The number of pyridine rings is 2. The molecule has 1 amide bonds. The Morgan fingerprint density at radius 2 is 2.00 bits per heavy atom. The Bertz CT molecular complexity index is 1050. The normalized spacial score (nSPS) is 22.9. The van der Waals surface area contributed by atoms with Gasteiger partial charge in [0.2, 0.25) is 0 Å². The Morgan fingerprint density at radius 3 is 2.73 bits per heavy atom. The van der Waals surface area contributed by atoms with Gasteiger partial charge >= 0.3 is 0 Å². The van der Waals surface area contributed by atoms with Crippen molar-refractivity contribution in [1.29, 1.82) is 0 Å². The fourth-order valence-electron chi connectivity index (χ4n) is 4.58. The lowest BCUT2D eigenvalue weighted by Gasteiger charge is -2.50. The van der Waals surface area contributed by atoms with Crippen molar-refractivity contribution in [3.05, 3.63) is 58.7 Å². The highest BCUT2D eigenvalue weighted by Gasteiger charge is 2.44. The number of aromatic nitrogens is 5. The number of carbonyl (C=O) groups excluding carboxylic acids is 1. The number of hydrogen-bond acceptors (Lipinski definition) is 6. The summed E-state index contributed by atoms with van der Waals surface area (Å²) in [6.45, 7) is 2.65. The number of nitrogens with one attached hydrogen (secondary N) is 1. The van der Waals surface area contributed by atoms with E-state index < -0.39 is 0 Å². The predicted molar refractivity (Wildman–Crippen MR) is 115 cm³/mol. The minimum Gasteiger partial charge on any atom is -0.365 e. The van der Waals surface area contributed by atoms with Crippen molar-refractivity contribution in [2.45, 2.75) is 38.3 Å². The average Bonchev–Trinajstić information content (AvgIpc) is 3.30. The van der Waals surface area contributed by atoms with Crippen molar-refractivity contribution >= 4 is 27.7 Å². The second kappa shape index (κ2) is 7.79. The molecule has 2 bridgehead atoms. The first-order valence-corrected chi connectivity index (χ1v) is 10.9. The zero-order chi connectivity index (χ0) is 20.7. The number of anilines is 1. The maximum absolute atomic E-state index is 13.6. The van der Waals surface area contributed by atoms with E-state index in [1.807, 2.05) is 36.1 Å². The standard InChI is InChI=1S/C21H22BrN7O/c1-13-2-5-18(29-24-8-9-25-29)20(26-13)21(30)28-12-14-3-6-17(28)16(10-14)27-19-7-4-15(22)11-23-19/h2,4-5,7-9,11,14,16-17H,3,6,10,12H2,1H3,(H,23,27)/t14-,16-,17+/m1/s1. The van der Waals surface area contributed by atoms with Crippen LogP contribution in [0.4, 0.5) is 5.82 Å². The third kappa shape index (κ3) is 3.58. The van der Waals surface area contributed by atoms with Crippen molar-refractivity contribution < 1.29 is 4.79 Å². The third-order valence-corrected chi connectivity index (χ3v) is 6.42. The molecule has 5 heterocycles. The first-order chi connectivity index (χ1) is 14.6. The largest absolute Gasteiger partial charge is 0.365 e. The highest BCUT2D eigenvalue weighted by molar-refractivity contribution is 9.10. The Morgan fingerprint density at radius 1 is 1.17 bits per heavy atom. The minimum atomic E-state index is -0.0593. The highest BCUT2D eigenvalue weighted by Crippen LogP contribution is 2.37. The summed E-state index contributed by atoms with van der Waals surface area (Å²) in [5.41, 5.74) is 1.81. The molecule has 8 nitrogen and oxygen atoms in total. The van der Waals surface area contributed by atoms with Gasteiger partial charge in [-0.15, -0.1) is 4.80 Å². The van der Waals surface area contributed by atoms with Gasteiger partial charge in [-0.25, -0.2) is 9.97 Å². The zero-order valence-corrected chi connectivity index (χ0v) is 18.2. The summed E-state index contributed by atoms with van der Waals surface area (Å²) >= 11 is 3.42. The fraction of sp³-hybridized carbons (Fsp3) is 0.381. The lowest BCUT2D eigenvalue weighted by molar-refractivity contribution is 0.0276. The van der Waals surface area contributed by atoms with E-state index in [-0.39, 0.29) is 18.0 Å². The van der Waals surface area contributed by atoms with Crippen LogP contribution in [-0.4, -0.2) is 54.4 Å². The first kappa shape index (κ1) is 19.2. The number of piperidine rings is 2. The molecule has 154 valence electrons. The van der Waals surface area contributed by atoms with E-state index in [0.717, 1.165) is 41.8 Å². The van der Waals surface area contributed by atoms with Crippen LogP contribution in [0.2, 0.25) is 0 Å². The zero-order valence-electron chi connectivity index (χ0n) is 16.6. The molecule has 0 aromatic carbocycles. The number of amides is 1. The van der Waals surface area contributed by atoms with Gasteiger partial charge in [0.1, 0.15) is 11.5 Å². The molecule has 0 unspecified atom stereocenters. The van der Waals surface area contributed by atoms with E-state index in [0.29, 0.717) is 17.3 Å². The molecule has 9 heteroatoms. The van der Waals surface area contributed by atoms with E-state index in [1.54, 1.807) is 18.6 Å². The van der Waals surface area contributed by atoms with Gasteiger partial charge in [-0.1, -0.05) is 0 Å². The molecule has 3 aromatic heterocycles. The SMILES string of the molecule is Cc1ccc(-n2nccn2)c(C(=O)N2C[C@@H]3CC[C@H]2[C@H](Nc2ccc(Br)cn2)C3)n1. The number of hydrogen-bond donors (Lipinski definition) is 1. The average molecular weight is 468 g/mol. The first-order valence-electron chi connectivity index (χ1n) is 10.1. The van der Waals surface area contributed by atoms with Crippen molar-refractivity contribution in [1.82, 2.24) is 29.9 Å². The van der Waals surface area contributed by atoms with Gasteiger partial charge in [0, 0.05) is 29.0 Å². The Labute approximate surface area is 182 Å². The number of aryl methyl sites for hydroxylation is 1. The maximum Gasteiger partial charge on any atom is 0.275 e. The quantitative estimate of drug-likeness (QED) is 0.633. The van der Waals surface area contributed by atoms with Crippen molar-refractivity contribution in [3.8, 4) is 5.69 Å². The second-order valence-corrected chi connectivity index (χ2v) is 8.87. The highest BCUT2D eigenvalue weighted by atomic mass is 79.9. The second-order valence-electron chi connectivity index (χ2n) is 7.96. The van der Waals surface area contributed by atoms with Crippen LogP contribution in [0.25, 0.3) is 5.69 Å². The molecule has 6 rings (SSSR count). The van der Waals surface area contributed by atoms with Crippen LogP contribution in [0, 0.1) is 12.8 Å². The van der Waals surface area contributed by atoms with E-state index in [2.05, 4.69) is 41.4 Å². The number of nitrogens with zero attached hydrogens (tertiary/aromatic N) is 6. The van der Waals surface area contributed by atoms with Crippen LogP contribution in [0.3, 0.4) is 0 Å². The van der Waals surface area contributed by atoms with Gasteiger partial charge in [0.25, 0.3) is 5.91 Å². The molecule has 3 aliphatic rings. The van der Waals surface area contributed by atoms with Crippen LogP contribution < -0.4 is 5.32 Å². The molecule has 0 spiro atoms. The van der Waals surface area contributed by atoms with Crippen LogP contribution in [0.1, 0.15) is 35.4 Å². The summed E-state index contributed by atoms with van der Waals surface area (Å²) in [6, 6.07) is 7.95. The smallest absolute Gasteiger partial charge is 0.275 e. The van der Waals surface area contributed by atoms with Crippen LogP contribution >= 0.6 is 15.9 Å². The van der Waals surface area contributed by atoms with Gasteiger partial charge in [-0.05, 0) is 72.3 Å². The van der Waals surface area contributed by atoms with E-state index >= 15 is 0 Å². The lowest BCUT2D eigenvalue weighted by Crippen LogP contribution is -2.60. The topological polar surface area (TPSA) is 88.8 Å². The number of fused-ring (bicyclic) bond motifs is 3. The summed E-state index contributed by atoms with van der Waals surface area (Å²) in [5, 5.41) is 12.0. The number of rotatable bonds is 4. The molecule has 1 aliphatic carbocycles. The molecule has 1 N–H and O–H groups in total. The molecule has 3 fully saturated rings. The van der Waals surface area contributed by atoms with Gasteiger partial charge in [-0.3, -0.25) is 4.79 Å². The van der Waals surface area contributed by atoms with Crippen molar-refractivity contribution in [2.24, 2.45) is 5.92 Å².